The zero-order valence-corrected chi connectivity index (χ0v) is 25.5. The van der Waals surface area contributed by atoms with Crippen LogP contribution in [0.4, 0.5) is 5.69 Å². The number of hydrazone groups is 1. The van der Waals surface area contributed by atoms with Crippen molar-refractivity contribution in [3.8, 4) is 11.5 Å². The smallest absolute Gasteiger partial charge is 0.264 e. The second kappa shape index (κ2) is 14.8. The first-order valence-electron chi connectivity index (χ1n) is 13.8. The Hall–Kier alpha value is -5.16. The van der Waals surface area contributed by atoms with E-state index in [4.69, 9.17) is 9.47 Å². The van der Waals surface area contributed by atoms with Crippen LogP contribution >= 0.6 is 0 Å². The molecule has 1 atom stereocenters. The third-order valence-electron chi connectivity index (χ3n) is 6.55. The molecule has 0 saturated carbocycles. The maximum atomic E-state index is 13.6. The van der Waals surface area contributed by atoms with E-state index in [0.29, 0.717) is 17.1 Å². The Balaban J connectivity index is 1.36. The van der Waals surface area contributed by atoms with Gasteiger partial charge in [-0.05, 0) is 79.1 Å². The molecule has 11 heteroatoms. The number of nitrogens with one attached hydrogen (secondary N) is 2. The van der Waals surface area contributed by atoms with Gasteiger partial charge in [-0.2, -0.15) is 5.10 Å². The number of anilines is 1. The Morgan fingerprint density at radius 2 is 1.57 bits per heavy atom. The number of ether oxygens (including phenoxy) is 2. The van der Waals surface area contributed by atoms with Gasteiger partial charge in [-0.15, -0.1) is 0 Å². The van der Waals surface area contributed by atoms with E-state index in [0.717, 1.165) is 15.4 Å². The van der Waals surface area contributed by atoms with Crippen LogP contribution in [0.15, 0.2) is 113 Å². The highest BCUT2D eigenvalue weighted by Gasteiger charge is 2.29. The molecule has 0 aliphatic carbocycles. The van der Waals surface area contributed by atoms with Crippen molar-refractivity contribution in [2.24, 2.45) is 5.10 Å². The van der Waals surface area contributed by atoms with Gasteiger partial charge in [0.05, 0.1) is 29.9 Å². The van der Waals surface area contributed by atoms with E-state index >= 15 is 0 Å². The maximum Gasteiger partial charge on any atom is 0.264 e. The molecule has 0 saturated heterocycles. The lowest BCUT2D eigenvalue weighted by molar-refractivity contribution is -0.123. The number of carbonyl (C=O) groups excluding carboxylic acids is 2. The van der Waals surface area contributed by atoms with Crippen LogP contribution in [-0.2, 0) is 19.6 Å². The van der Waals surface area contributed by atoms with E-state index in [1.807, 2.05) is 44.2 Å². The van der Waals surface area contributed by atoms with Gasteiger partial charge >= 0.3 is 0 Å². The molecule has 228 valence electrons. The second-order valence-electron chi connectivity index (χ2n) is 9.85. The van der Waals surface area contributed by atoms with E-state index in [9.17, 15) is 18.0 Å². The van der Waals surface area contributed by atoms with Crippen LogP contribution in [0, 0.1) is 6.92 Å². The lowest BCUT2D eigenvalue weighted by Gasteiger charge is -2.25. The van der Waals surface area contributed by atoms with Gasteiger partial charge in [0.25, 0.3) is 21.8 Å². The van der Waals surface area contributed by atoms with Gasteiger partial charge in [-0.1, -0.05) is 54.6 Å². The molecule has 2 amide bonds. The minimum atomic E-state index is -4.12. The number of amides is 2. The van der Waals surface area contributed by atoms with Crippen LogP contribution in [-0.4, -0.2) is 46.7 Å². The van der Waals surface area contributed by atoms with Crippen molar-refractivity contribution >= 4 is 33.7 Å². The molecule has 0 radical (unpaired) electrons. The summed E-state index contributed by atoms with van der Waals surface area (Å²) in [6, 6.07) is 29.2. The minimum absolute atomic E-state index is 0.0327. The summed E-state index contributed by atoms with van der Waals surface area (Å²) in [5.74, 6) is -0.110. The molecule has 44 heavy (non-hydrogen) atoms. The first kappa shape index (κ1) is 31.8. The van der Waals surface area contributed by atoms with Crippen LogP contribution in [0.1, 0.15) is 29.7 Å². The molecule has 0 aromatic heterocycles. The van der Waals surface area contributed by atoms with Crippen molar-refractivity contribution in [3.05, 3.63) is 120 Å². The van der Waals surface area contributed by atoms with Crippen molar-refractivity contribution < 1.29 is 27.5 Å². The van der Waals surface area contributed by atoms with E-state index in [2.05, 4.69) is 15.8 Å². The average Bonchev–Trinajstić information content (AvgIpc) is 3.04. The van der Waals surface area contributed by atoms with Crippen molar-refractivity contribution in [2.75, 3.05) is 24.6 Å². The number of rotatable bonds is 13. The summed E-state index contributed by atoms with van der Waals surface area (Å²) in [6.45, 7) is 3.04. The van der Waals surface area contributed by atoms with Crippen LogP contribution in [0.5, 0.6) is 11.5 Å². The third kappa shape index (κ3) is 8.45. The highest BCUT2D eigenvalue weighted by atomic mass is 32.2. The molecule has 4 aromatic rings. The number of aryl methyl sites for hydroxylation is 1. The molecule has 0 aliphatic rings. The van der Waals surface area contributed by atoms with Crippen LogP contribution in [0.3, 0.4) is 0 Å². The fraction of sp³-hybridized carbons (Fsp3) is 0.182. The zero-order chi connectivity index (χ0) is 31.5. The van der Waals surface area contributed by atoms with Crippen LogP contribution < -0.4 is 24.5 Å². The predicted molar refractivity (Wildman–Crippen MR) is 169 cm³/mol. The van der Waals surface area contributed by atoms with E-state index in [1.54, 1.807) is 60.7 Å². The summed E-state index contributed by atoms with van der Waals surface area (Å²) in [5, 5.41) is 6.88. The van der Waals surface area contributed by atoms with E-state index < -0.39 is 22.5 Å². The number of benzene rings is 4. The summed E-state index contributed by atoms with van der Waals surface area (Å²) >= 11 is 0. The number of carbonyl (C=O) groups is 2. The fourth-order valence-electron chi connectivity index (χ4n) is 4.27. The van der Waals surface area contributed by atoms with E-state index in [1.165, 1.54) is 25.5 Å². The fourth-order valence-corrected chi connectivity index (χ4v) is 5.71. The Labute approximate surface area is 257 Å². The molecular formula is C33H34N4O6S. The van der Waals surface area contributed by atoms with Gasteiger partial charge < -0.3 is 14.8 Å². The standard InChI is InChI=1S/C33H34N4O6S/c1-24-14-19-31(42-3)30(20-24)37(44(40,41)29-12-8-5-9-13-29)22-32(38)36-34-21-26-15-17-28(18-16-26)43-23-33(39)35-25(2)27-10-6-4-7-11-27/h4-21,25H,22-23H2,1-3H3,(H,35,39)(H,36,38)/b34-21+. The third-order valence-corrected chi connectivity index (χ3v) is 8.33. The molecule has 2 N–H and O–H groups in total. The molecule has 0 bridgehead atoms. The molecule has 10 nitrogen and oxygen atoms in total. The lowest BCUT2D eigenvalue weighted by atomic mass is 10.1. The average molecular weight is 615 g/mol. The Morgan fingerprint density at radius 1 is 0.909 bits per heavy atom. The van der Waals surface area contributed by atoms with Gasteiger partial charge in [-0.25, -0.2) is 13.8 Å². The summed E-state index contributed by atoms with van der Waals surface area (Å²) in [6.07, 6.45) is 1.42. The molecule has 4 aromatic carbocycles. The van der Waals surface area contributed by atoms with Crippen molar-refractivity contribution in [3.63, 3.8) is 0 Å². The number of hydrogen-bond acceptors (Lipinski definition) is 7. The minimum Gasteiger partial charge on any atom is -0.495 e. The first-order valence-corrected chi connectivity index (χ1v) is 15.2. The molecule has 0 spiro atoms. The van der Waals surface area contributed by atoms with Crippen molar-refractivity contribution in [2.45, 2.75) is 24.8 Å². The predicted octanol–water partition coefficient (Wildman–Crippen LogP) is 4.61. The highest BCUT2D eigenvalue weighted by Crippen LogP contribution is 2.33. The monoisotopic (exact) mass is 614 g/mol. The highest BCUT2D eigenvalue weighted by molar-refractivity contribution is 7.92. The molecule has 4 rings (SSSR count). The SMILES string of the molecule is COc1ccc(C)cc1N(CC(=O)N/N=C/c1ccc(OCC(=O)NC(C)c2ccccc2)cc1)S(=O)(=O)c1ccccc1. The summed E-state index contributed by atoms with van der Waals surface area (Å²) in [5.41, 5.74) is 5.06. The normalized spacial score (nSPS) is 11.9. The van der Waals surface area contributed by atoms with Gasteiger partial charge in [0.2, 0.25) is 0 Å². The van der Waals surface area contributed by atoms with E-state index in [-0.39, 0.29) is 29.1 Å². The quantitative estimate of drug-likeness (QED) is 0.167. The Morgan fingerprint density at radius 3 is 2.23 bits per heavy atom. The van der Waals surface area contributed by atoms with Crippen LogP contribution in [0.2, 0.25) is 0 Å². The van der Waals surface area contributed by atoms with Gasteiger partial charge in [0, 0.05) is 0 Å². The van der Waals surface area contributed by atoms with Crippen molar-refractivity contribution in [1.29, 1.82) is 0 Å². The summed E-state index contributed by atoms with van der Waals surface area (Å²) < 4.78 is 39.2. The summed E-state index contributed by atoms with van der Waals surface area (Å²) in [7, 11) is -2.68. The molecular weight excluding hydrogens is 580 g/mol. The topological polar surface area (TPSA) is 126 Å². The second-order valence-corrected chi connectivity index (χ2v) is 11.7. The lowest BCUT2D eigenvalue weighted by Crippen LogP contribution is -2.39. The van der Waals surface area contributed by atoms with Crippen molar-refractivity contribution in [1.82, 2.24) is 10.7 Å². The maximum absolute atomic E-state index is 13.6. The van der Waals surface area contributed by atoms with Gasteiger partial charge in [-0.3, -0.25) is 13.9 Å². The number of hydrogen-bond donors (Lipinski definition) is 2. The van der Waals surface area contributed by atoms with Gasteiger partial charge in [0.1, 0.15) is 18.0 Å². The zero-order valence-electron chi connectivity index (χ0n) is 24.6. The summed E-state index contributed by atoms with van der Waals surface area (Å²) in [4.78, 5) is 25.2. The largest absolute Gasteiger partial charge is 0.495 e. The molecule has 1 unspecified atom stereocenters. The number of nitrogens with zero attached hydrogens (tertiary/aromatic N) is 2. The Kier molecular flexibility index (Phi) is 10.7. The number of sulfonamides is 1. The molecule has 0 aliphatic heterocycles. The Bertz CT molecular complexity index is 1700. The molecule has 0 heterocycles. The molecule has 0 fully saturated rings. The number of methoxy groups -OCH3 is 1. The van der Waals surface area contributed by atoms with Crippen LogP contribution in [0.25, 0.3) is 0 Å². The van der Waals surface area contributed by atoms with Gasteiger partial charge in [0.15, 0.2) is 6.61 Å². The first-order chi connectivity index (χ1) is 21.2.